The number of aryl methyl sites for hydroxylation is 1. The van der Waals surface area contributed by atoms with Crippen molar-refractivity contribution in [2.75, 3.05) is 0 Å². The molecule has 1 heteroatoms. The summed E-state index contributed by atoms with van der Waals surface area (Å²) in [4.78, 5) is 0. The van der Waals surface area contributed by atoms with Gasteiger partial charge in [0.15, 0.2) is 0 Å². The van der Waals surface area contributed by atoms with E-state index in [-0.39, 0.29) is 0 Å². The summed E-state index contributed by atoms with van der Waals surface area (Å²) in [5, 5.41) is 1.18. The van der Waals surface area contributed by atoms with Crippen molar-refractivity contribution >= 4 is 11.0 Å². The Morgan fingerprint density at radius 2 is 1.07 bits per heavy atom. The lowest BCUT2D eigenvalue weighted by Crippen LogP contribution is -1.86. The van der Waals surface area contributed by atoms with E-state index in [0.29, 0.717) is 0 Å². The Balaban J connectivity index is 1.86. The van der Waals surface area contributed by atoms with Crippen molar-refractivity contribution in [1.82, 2.24) is 0 Å². The molecule has 0 aliphatic carbocycles. The molecule has 28 heavy (non-hydrogen) atoms. The number of hydrogen-bond donors (Lipinski definition) is 0. The van der Waals surface area contributed by atoms with Crippen LogP contribution in [-0.2, 0) is 0 Å². The third-order valence-corrected chi connectivity index (χ3v) is 5.22. The number of fused-ring (bicyclic) bond motifs is 1. The molecule has 0 spiro atoms. The molecule has 0 unspecified atom stereocenters. The van der Waals surface area contributed by atoms with Gasteiger partial charge in [-0.05, 0) is 46.9 Å². The van der Waals surface area contributed by atoms with Crippen molar-refractivity contribution in [3.8, 4) is 33.4 Å². The lowest BCUT2D eigenvalue weighted by Gasteiger charge is -2.10. The highest BCUT2D eigenvalue weighted by Gasteiger charge is 2.18. The van der Waals surface area contributed by atoms with Crippen LogP contribution in [0, 0.1) is 6.92 Å². The predicted octanol–water partition coefficient (Wildman–Crippen LogP) is 7.74. The minimum atomic E-state index is 0.927. The number of rotatable bonds is 3. The second-order valence-electron chi connectivity index (χ2n) is 7.03. The lowest BCUT2D eigenvalue weighted by molar-refractivity contribution is 0.580. The maximum absolute atomic E-state index is 6.28. The monoisotopic (exact) mass is 360 g/mol. The molecule has 0 bridgehead atoms. The molecule has 1 heterocycles. The minimum absolute atomic E-state index is 0.927. The maximum Gasteiger partial charge on any atom is 0.136 e. The van der Waals surface area contributed by atoms with Crippen LogP contribution in [0.1, 0.15) is 5.76 Å². The van der Waals surface area contributed by atoms with Crippen LogP contribution in [0.25, 0.3) is 44.3 Å². The molecular weight excluding hydrogens is 340 g/mol. The van der Waals surface area contributed by atoms with Crippen LogP contribution in [0.4, 0.5) is 0 Å². The highest BCUT2D eigenvalue weighted by atomic mass is 16.3. The average Bonchev–Trinajstić information content (AvgIpc) is 3.10. The third kappa shape index (κ3) is 2.82. The molecule has 4 aromatic carbocycles. The summed E-state index contributed by atoms with van der Waals surface area (Å²) < 4.78 is 6.28. The molecule has 0 radical (unpaired) electrons. The summed E-state index contributed by atoms with van der Waals surface area (Å²) in [6.45, 7) is 2.05. The van der Waals surface area contributed by atoms with Crippen molar-refractivity contribution in [3.05, 3.63) is 109 Å². The van der Waals surface area contributed by atoms with Gasteiger partial charge in [-0.1, -0.05) is 91.0 Å². The molecule has 1 nitrogen and oxygen atoms in total. The summed E-state index contributed by atoms with van der Waals surface area (Å²) >= 11 is 0. The van der Waals surface area contributed by atoms with Crippen molar-refractivity contribution in [2.45, 2.75) is 6.92 Å². The summed E-state index contributed by atoms with van der Waals surface area (Å²) in [6.07, 6.45) is 0. The molecule has 5 aromatic rings. The molecule has 0 saturated carbocycles. The van der Waals surface area contributed by atoms with Gasteiger partial charge in [0.25, 0.3) is 0 Å². The standard InChI is InChI=1S/C27H20O/c1-19-26(22-15-9-4-10-16-22)27-24(21-13-7-3-8-14-21)17-23(18-25(27)28-19)20-11-5-2-6-12-20/h2-18H,1H3. The first-order chi connectivity index (χ1) is 13.8. The van der Waals surface area contributed by atoms with E-state index in [9.17, 15) is 0 Å². The van der Waals surface area contributed by atoms with Crippen molar-refractivity contribution in [2.24, 2.45) is 0 Å². The van der Waals surface area contributed by atoms with Crippen molar-refractivity contribution < 1.29 is 4.42 Å². The van der Waals surface area contributed by atoms with E-state index in [1.807, 2.05) is 12.1 Å². The Bertz CT molecular complexity index is 1230. The van der Waals surface area contributed by atoms with E-state index >= 15 is 0 Å². The van der Waals surface area contributed by atoms with Crippen LogP contribution < -0.4 is 0 Å². The highest BCUT2D eigenvalue weighted by molar-refractivity contribution is 6.07. The van der Waals surface area contributed by atoms with Crippen molar-refractivity contribution in [3.63, 3.8) is 0 Å². The predicted molar refractivity (Wildman–Crippen MR) is 117 cm³/mol. The average molecular weight is 360 g/mol. The van der Waals surface area contributed by atoms with E-state index in [1.54, 1.807) is 0 Å². The van der Waals surface area contributed by atoms with E-state index in [1.165, 1.54) is 38.8 Å². The van der Waals surface area contributed by atoms with E-state index in [2.05, 4.69) is 97.9 Å². The fourth-order valence-electron chi connectivity index (χ4n) is 3.94. The van der Waals surface area contributed by atoms with Crippen LogP contribution >= 0.6 is 0 Å². The lowest BCUT2D eigenvalue weighted by atomic mass is 9.92. The number of hydrogen-bond acceptors (Lipinski definition) is 1. The van der Waals surface area contributed by atoms with Gasteiger partial charge >= 0.3 is 0 Å². The molecule has 5 rings (SSSR count). The first kappa shape index (κ1) is 16.6. The smallest absolute Gasteiger partial charge is 0.136 e. The first-order valence-electron chi connectivity index (χ1n) is 9.54. The molecule has 134 valence electrons. The zero-order valence-corrected chi connectivity index (χ0v) is 15.7. The topological polar surface area (TPSA) is 13.1 Å². The van der Waals surface area contributed by atoms with Gasteiger partial charge in [-0.3, -0.25) is 0 Å². The van der Waals surface area contributed by atoms with Gasteiger partial charge in [0, 0.05) is 10.9 Å². The highest BCUT2D eigenvalue weighted by Crippen LogP contribution is 2.42. The van der Waals surface area contributed by atoms with Gasteiger partial charge < -0.3 is 4.42 Å². The second-order valence-corrected chi connectivity index (χ2v) is 7.03. The van der Waals surface area contributed by atoms with Gasteiger partial charge in [0.2, 0.25) is 0 Å². The molecule has 0 saturated heterocycles. The summed E-state index contributed by atoms with van der Waals surface area (Å²) in [5.41, 5.74) is 8.04. The molecule has 1 aromatic heterocycles. The van der Waals surface area contributed by atoms with Crippen LogP contribution in [0.5, 0.6) is 0 Å². The quantitative estimate of drug-likeness (QED) is 0.321. The Morgan fingerprint density at radius 1 is 0.536 bits per heavy atom. The van der Waals surface area contributed by atoms with Crippen LogP contribution in [0.2, 0.25) is 0 Å². The third-order valence-electron chi connectivity index (χ3n) is 5.22. The molecule has 0 N–H and O–H groups in total. The van der Waals surface area contributed by atoms with E-state index in [0.717, 1.165) is 11.3 Å². The summed E-state index contributed by atoms with van der Waals surface area (Å²) in [6, 6.07) is 36.0. The molecule has 0 aliphatic rings. The van der Waals surface area contributed by atoms with Gasteiger partial charge in [-0.15, -0.1) is 0 Å². The van der Waals surface area contributed by atoms with E-state index in [4.69, 9.17) is 4.42 Å². The zero-order valence-electron chi connectivity index (χ0n) is 15.7. The van der Waals surface area contributed by atoms with Crippen LogP contribution in [0.3, 0.4) is 0 Å². The Hall–Kier alpha value is -3.58. The van der Waals surface area contributed by atoms with Crippen LogP contribution in [-0.4, -0.2) is 0 Å². The maximum atomic E-state index is 6.28. The summed E-state index contributed by atoms with van der Waals surface area (Å²) in [5.74, 6) is 0.948. The largest absolute Gasteiger partial charge is 0.461 e. The molecular formula is C27H20O. The Morgan fingerprint density at radius 3 is 1.68 bits per heavy atom. The molecule has 0 aliphatic heterocycles. The first-order valence-corrected chi connectivity index (χ1v) is 9.54. The fraction of sp³-hybridized carbons (Fsp3) is 0.0370. The van der Waals surface area contributed by atoms with Crippen LogP contribution in [0.15, 0.2) is 108 Å². The molecule has 0 amide bonds. The SMILES string of the molecule is Cc1oc2cc(-c3ccccc3)cc(-c3ccccc3)c2c1-c1ccccc1. The van der Waals surface area contributed by atoms with Gasteiger partial charge in [-0.2, -0.15) is 0 Å². The zero-order chi connectivity index (χ0) is 18.9. The second kappa shape index (κ2) is 6.86. The molecule has 0 atom stereocenters. The molecule has 0 fully saturated rings. The fourth-order valence-corrected chi connectivity index (χ4v) is 3.94. The Kier molecular flexibility index (Phi) is 4.06. The normalized spacial score (nSPS) is 11.0. The van der Waals surface area contributed by atoms with Gasteiger partial charge in [-0.25, -0.2) is 0 Å². The van der Waals surface area contributed by atoms with E-state index < -0.39 is 0 Å². The van der Waals surface area contributed by atoms with Crippen molar-refractivity contribution in [1.29, 1.82) is 0 Å². The summed E-state index contributed by atoms with van der Waals surface area (Å²) in [7, 11) is 0. The number of benzene rings is 4. The van der Waals surface area contributed by atoms with Gasteiger partial charge in [0.05, 0.1) is 0 Å². The Labute approximate surface area is 164 Å². The minimum Gasteiger partial charge on any atom is -0.461 e. The van der Waals surface area contributed by atoms with Gasteiger partial charge in [0.1, 0.15) is 11.3 Å². The number of furan rings is 1.